The first-order chi connectivity index (χ1) is 14.1. The molecular weight excluding hydrogens is 386 g/mol. The maximum absolute atomic E-state index is 10.5. The minimum absolute atomic E-state index is 0.153. The number of hydrogen-bond acceptors (Lipinski definition) is 3. The second-order valence-corrected chi connectivity index (χ2v) is 7.29. The molecule has 6 heteroatoms. The van der Waals surface area contributed by atoms with Crippen LogP contribution in [0, 0.1) is 5.41 Å². The molecule has 3 aromatic carbocycles. The predicted molar refractivity (Wildman–Crippen MR) is 114 cm³/mol. The van der Waals surface area contributed by atoms with Crippen LogP contribution in [0.2, 0.25) is 5.02 Å². The largest absolute Gasteiger partial charge is 0.491 e. The van der Waals surface area contributed by atoms with Crippen LogP contribution in [0.3, 0.4) is 0 Å². The second-order valence-electron chi connectivity index (χ2n) is 6.88. The molecule has 1 heterocycles. The molecule has 0 fully saturated rings. The van der Waals surface area contributed by atoms with Gasteiger partial charge < -0.3 is 19.0 Å². The van der Waals surface area contributed by atoms with Crippen LogP contribution >= 0.6 is 11.6 Å². The number of hydrogen-bond donors (Lipinski definition) is 2. The summed E-state index contributed by atoms with van der Waals surface area (Å²) in [6.07, 6.45) is -0.746. The lowest BCUT2D eigenvalue weighted by molar-refractivity contribution is 0.0921. The summed E-state index contributed by atoms with van der Waals surface area (Å²) in [7, 11) is 0. The molecule has 0 radical (unpaired) electrons. The van der Waals surface area contributed by atoms with Gasteiger partial charge in [0.15, 0.2) is 0 Å². The van der Waals surface area contributed by atoms with Gasteiger partial charge in [0.1, 0.15) is 18.5 Å². The van der Waals surface area contributed by atoms with Gasteiger partial charge in [0.2, 0.25) is 5.62 Å². The van der Waals surface area contributed by atoms with Crippen LogP contribution in [0.25, 0.3) is 11.0 Å². The molecule has 1 unspecified atom stereocenters. The van der Waals surface area contributed by atoms with Crippen molar-refractivity contribution in [2.24, 2.45) is 0 Å². The van der Waals surface area contributed by atoms with Gasteiger partial charge in [-0.1, -0.05) is 60.1 Å². The quantitative estimate of drug-likeness (QED) is 0.485. The van der Waals surface area contributed by atoms with Gasteiger partial charge in [0.05, 0.1) is 24.1 Å². The molecule has 5 nitrogen and oxygen atoms in total. The zero-order valence-corrected chi connectivity index (χ0v) is 16.6. The van der Waals surface area contributed by atoms with Crippen molar-refractivity contribution in [2.45, 2.75) is 19.2 Å². The summed E-state index contributed by atoms with van der Waals surface area (Å²) in [5, 5.41) is 19.9. The number of nitrogens with one attached hydrogen (secondary N) is 1. The number of benzene rings is 3. The van der Waals surface area contributed by atoms with E-state index in [0.717, 1.165) is 16.6 Å². The number of rotatable bonds is 7. The summed E-state index contributed by atoms with van der Waals surface area (Å²) < 4.78 is 9.38. The summed E-state index contributed by atoms with van der Waals surface area (Å²) in [5.74, 6) is 0.712. The first-order valence-electron chi connectivity index (χ1n) is 9.45. The van der Waals surface area contributed by atoms with Crippen LogP contribution in [-0.4, -0.2) is 27.0 Å². The average molecular weight is 408 g/mol. The van der Waals surface area contributed by atoms with Crippen LogP contribution in [0.4, 0.5) is 0 Å². The second kappa shape index (κ2) is 8.55. The van der Waals surface area contributed by atoms with E-state index in [0.29, 0.717) is 22.9 Å². The summed E-state index contributed by atoms with van der Waals surface area (Å²) in [6, 6.07) is 24.9. The van der Waals surface area contributed by atoms with Gasteiger partial charge >= 0.3 is 0 Å². The highest BCUT2D eigenvalue weighted by Gasteiger charge is 2.15. The Morgan fingerprint density at radius 3 is 2.21 bits per heavy atom. The van der Waals surface area contributed by atoms with E-state index in [2.05, 4.69) is 0 Å². The lowest BCUT2D eigenvalue weighted by Crippen LogP contribution is -2.31. The van der Waals surface area contributed by atoms with Gasteiger partial charge in [-0.05, 0) is 35.9 Å². The van der Waals surface area contributed by atoms with E-state index in [9.17, 15) is 5.11 Å². The molecule has 1 atom stereocenters. The highest BCUT2D eigenvalue weighted by Crippen LogP contribution is 2.19. The van der Waals surface area contributed by atoms with Crippen molar-refractivity contribution >= 4 is 22.6 Å². The molecule has 0 saturated heterocycles. The summed E-state index contributed by atoms with van der Waals surface area (Å²) in [6.45, 7) is 0.908. The predicted octanol–water partition coefficient (Wildman–Crippen LogP) is 4.06. The minimum atomic E-state index is -0.746. The fraction of sp³-hybridized carbons (Fsp3) is 0.174. The fourth-order valence-corrected chi connectivity index (χ4v) is 3.60. The van der Waals surface area contributed by atoms with Gasteiger partial charge in [-0.3, -0.25) is 5.41 Å². The number of para-hydroxylation sites is 3. The van der Waals surface area contributed by atoms with E-state index in [1.165, 1.54) is 0 Å². The van der Waals surface area contributed by atoms with E-state index >= 15 is 0 Å². The van der Waals surface area contributed by atoms with Gasteiger partial charge in [-0.15, -0.1) is 0 Å². The number of imidazole rings is 1. The van der Waals surface area contributed by atoms with E-state index in [4.69, 9.17) is 21.7 Å². The summed E-state index contributed by atoms with van der Waals surface area (Å²) in [4.78, 5) is 0. The number of aliphatic hydroxyl groups is 1. The van der Waals surface area contributed by atoms with Gasteiger partial charge in [0, 0.05) is 5.02 Å². The van der Waals surface area contributed by atoms with E-state index in [-0.39, 0.29) is 13.2 Å². The Kier molecular flexibility index (Phi) is 5.69. The van der Waals surface area contributed by atoms with Crippen LogP contribution < -0.4 is 10.4 Å². The maximum Gasteiger partial charge on any atom is 0.203 e. The van der Waals surface area contributed by atoms with Gasteiger partial charge in [0.25, 0.3) is 0 Å². The van der Waals surface area contributed by atoms with Crippen LogP contribution in [-0.2, 0) is 13.1 Å². The molecule has 1 aromatic heterocycles. The van der Waals surface area contributed by atoms with Crippen molar-refractivity contribution in [2.75, 3.05) is 6.61 Å². The molecule has 4 rings (SSSR count). The average Bonchev–Trinajstić information content (AvgIpc) is 3.00. The Labute approximate surface area is 173 Å². The third kappa shape index (κ3) is 4.21. The Bertz CT molecular complexity index is 1170. The number of fused-ring (bicyclic) bond motifs is 1. The Morgan fingerprint density at radius 1 is 0.862 bits per heavy atom. The SMILES string of the molecule is N=c1n(Cc2ccccc2Cl)c2ccccc2n1CC(O)COc1ccccc1. The summed E-state index contributed by atoms with van der Waals surface area (Å²) >= 11 is 6.33. The van der Waals surface area contributed by atoms with E-state index in [1.807, 2.05) is 88.0 Å². The third-order valence-corrected chi connectivity index (χ3v) is 5.21. The zero-order chi connectivity index (χ0) is 20.2. The Morgan fingerprint density at radius 2 is 1.48 bits per heavy atom. The summed E-state index contributed by atoms with van der Waals surface area (Å²) in [5.41, 5.74) is 3.07. The molecule has 0 spiro atoms. The Hall–Kier alpha value is -3.02. The highest BCUT2D eigenvalue weighted by molar-refractivity contribution is 6.31. The van der Waals surface area contributed by atoms with Crippen molar-refractivity contribution in [3.05, 3.63) is 95.1 Å². The standard InChI is InChI=1S/C23H22ClN3O2/c24-20-11-5-4-8-17(20)14-26-21-12-6-7-13-22(21)27(23(26)25)15-18(28)16-29-19-9-2-1-3-10-19/h1-13,18,25,28H,14-16H2. The van der Waals surface area contributed by atoms with E-state index in [1.54, 1.807) is 0 Å². The van der Waals surface area contributed by atoms with Gasteiger partial charge in [-0.2, -0.15) is 0 Å². The maximum atomic E-state index is 10.5. The van der Waals surface area contributed by atoms with Crippen LogP contribution in [0.15, 0.2) is 78.9 Å². The lowest BCUT2D eigenvalue weighted by Gasteiger charge is -2.13. The smallest absolute Gasteiger partial charge is 0.203 e. The molecule has 0 aliphatic rings. The molecule has 29 heavy (non-hydrogen) atoms. The number of ether oxygens (including phenoxy) is 1. The molecule has 4 aromatic rings. The first kappa shape index (κ1) is 19.3. The number of nitrogens with zero attached hydrogens (tertiary/aromatic N) is 2. The molecule has 0 aliphatic carbocycles. The normalized spacial score (nSPS) is 12.2. The number of aliphatic hydroxyl groups excluding tert-OH is 1. The fourth-order valence-electron chi connectivity index (χ4n) is 3.41. The van der Waals surface area contributed by atoms with Crippen molar-refractivity contribution in [1.82, 2.24) is 9.13 Å². The topological polar surface area (TPSA) is 63.2 Å². The number of halogens is 1. The van der Waals surface area contributed by atoms with Crippen molar-refractivity contribution in [1.29, 1.82) is 5.41 Å². The zero-order valence-electron chi connectivity index (χ0n) is 15.8. The molecule has 0 bridgehead atoms. The van der Waals surface area contributed by atoms with Crippen molar-refractivity contribution < 1.29 is 9.84 Å². The molecular formula is C23H22ClN3O2. The first-order valence-corrected chi connectivity index (χ1v) is 9.83. The monoisotopic (exact) mass is 407 g/mol. The molecule has 148 valence electrons. The molecule has 2 N–H and O–H groups in total. The highest BCUT2D eigenvalue weighted by atomic mass is 35.5. The molecule has 0 amide bonds. The van der Waals surface area contributed by atoms with Crippen molar-refractivity contribution in [3.8, 4) is 5.75 Å². The molecule has 0 aliphatic heterocycles. The van der Waals surface area contributed by atoms with Gasteiger partial charge in [-0.25, -0.2) is 0 Å². The van der Waals surface area contributed by atoms with E-state index < -0.39 is 6.10 Å². The lowest BCUT2D eigenvalue weighted by atomic mass is 10.2. The van der Waals surface area contributed by atoms with Crippen molar-refractivity contribution in [3.63, 3.8) is 0 Å². The molecule has 0 saturated carbocycles. The van der Waals surface area contributed by atoms with Crippen LogP contribution in [0.5, 0.6) is 5.75 Å². The number of aromatic nitrogens is 2. The van der Waals surface area contributed by atoms with Crippen LogP contribution in [0.1, 0.15) is 5.56 Å². The third-order valence-electron chi connectivity index (χ3n) is 4.84. The minimum Gasteiger partial charge on any atom is -0.491 e. The Balaban J connectivity index is 1.60.